The normalized spacial score (nSPS) is 13.6. The van der Waals surface area contributed by atoms with Crippen LogP contribution in [0.1, 0.15) is 24.2 Å². The van der Waals surface area contributed by atoms with Gasteiger partial charge < -0.3 is 10.6 Å². The van der Waals surface area contributed by atoms with Crippen molar-refractivity contribution >= 4 is 28.3 Å². The third kappa shape index (κ3) is 4.11. The van der Waals surface area contributed by atoms with E-state index in [0.717, 1.165) is 18.5 Å². The number of aromatic nitrogens is 2. The third-order valence-corrected chi connectivity index (χ3v) is 4.07. The zero-order chi connectivity index (χ0) is 15.4. The Morgan fingerprint density at radius 3 is 2.86 bits per heavy atom. The molecule has 3 rings (SSSR count). The molecule has 1 aliphatic rings. The Morgan fingerprint density at radius 1 is 1.27 bits per heavy atom. The van der Waals surface area contributed by atoms with Crippen molar-refractivity contribution in [3.05, 3.63) is 41.2 Å². The van der Waals surface area contributed by atoms with E-state index in [4.69, 9.17) is 0 Å². The predicted octanol–water partition coefficient (Wildman–Crippen LogP) is 1.75. The topological polar surface area (TPSA) is 84.0 Å². The van der Waals surface area contributed by atoms with Gasteiger partial charge in [-0.2, -0.15) is 0 Å². The zero-order valence-corrected chi connectivity index (χ0v) is 12.7. The maximum absolute atomic E-state index is 11.9. The van der Waals surface area contributed by atoms with Crippen molar-refractivity contribution in [2.24, 2.45) is 5.92 Å². The SMILES string of the molecule is O=C(Cc1csc(NC(=O)C2CC2)n1)NCc1ccccn1. The number of amides is 2. The quantitative estimate of drug-likeness (QED) is 0.850. The van der Waals surface area contributed by atoms with Gasteiger partial charge in [0.2, 0.25) is 11.8 Å². The summed E-state index contributed by atoms with van der Waals surface area (Å²) in [6.45, 7) is 0.398. The molecule has 0 atom stereocenters. The lowest BCUT2D eigenvalue weighted by atomic mass is 10.3. The Hall–Kier alpha value is -2.28. The zero-order valence-electron chi connectivity index (χ0n) is 11.9. The number of nitrogens with zero attached hydrogens (tertiary/aromatic N) is 2. The van der Waals surface area contributed by atoms with E-state index < -0.39 is 0 Å². The van der Waals surface area contributed by atoms with E-state index in [1.54, 1.807) is 11.6 Å². The Balaban J connectivity index is 1.47. The summed E-state index contributed by atoms with van der Waals surface area (Å²) < 4.78 is 0. The number of anilines is 1. The Kier molecular flexibility index (Phi) is 4.43. The second kappa shape index (κ2) is 6.65. The van der Waals surface area contributed by atoms with E-state index in [1.165, 1.54) is 11.3 Å². The van der Waals surface area contributed by atoms with E-state index in [1.807, 2.05) is 18.2 Å². The van der Waals surface area contributed by atoms with E-state index in [0.29, 0.717) is 17.4 Å². The highest BCUT2D eigenvalue weighted by molar-refractivity contribution is 7.13. The molecule has 1 saturated carbocycles. The second-order valence-corrected chi connectivity index (χ2v) is 6.04. The van der Waals surface area contributed by atoms with Crippen LogP contribution in [0.25, 0.3) is 0 Å². The molecule has 0 aromatic carbocycles. The smallest absolute Gasteiger partial charge is 0.229 e. The lowest BCUT2D eigenvalue weighted by molar-refractivity contribution is -0.120. The molecule has 1 aliphatic carbocycles. The summed E-state index contributed by atoms with van der Waals surface area (Å²) in [6, 6.07) is 5.57. The fraction of sp³-hybridized carbons (Fsp3) is 0.333. The van der Waals surface area contributed by atoms with E-state index in [-0.39, 0.29) is 24.2 Å². The summed E-state index contributed by atoms with van der Waals surface area (Å²) in [4.78, 5) is 31.9. The van der Waals surface area contributed by atoms with Gasteiger partial charge in [0, 0.05) is 17.5 Å². The number of carbonyl (C=O) groups is 2. The minimum absolute atomic E-state index is 0.0282. The van der Waals surface area contributed by atoms with Gasteiger partial charge in [-0.25, -0.2) is 4.98 Å². The summed E-state index contributed by atoms with van der Waals surface area (Å²) in [5.41, 5.74) is 1.47. The molecule has 2 heterocycles. The van der Waals surface area contributed by atoms with E-state index in [9.17, 15) is 9.59 Å². The molecule has 0 saturated heterocycles. The van der Waals surface area contributed by atoms with Gasteiger partial charge in [-0.1, -0.05) is 6.07 Å². The van der Waals surface area contributed by atoms with Crippen molar-refractivity contribution < 1.29 is 9.59 Å². The lowest BCUT2D eigenvalue weighted by Gasteiger charge is -2.03. The fourth-order valence-corrected chi connectivity index (χ4v) is 2.63. The van der Waals surface area contributed by atoms with Crippen molar-refractivity contribution in [2.45, 2.75) is 25.8 Å². The summed E-state index contributed by atoms with van der Waals surface area (Å²) in [6.07, 6.45) is 3.80. The van der Waals surface area contributed by atoms with Crippen LogP contribution < -0.4 is 10.6 Å². The van der Waals surface area contributed by atoms with Crippen molar-refractivity contribution in [3.63, 3.8) is 0 Å². The lowest BCUT2D eigenvalue weighted by Crippen LogP contribution is -2.25. The van der Waals surface area contributed by atoms with Gasteiger partial charge in [0.15, 0.2) is 5.13 Å². The third-order valence-electron chi connectivity index (χ3n) is 3.26. The van der Waals surface area contributed by atoms with Gasteiger partial charge in [0.05, 0.1) is 24.4 Å². The van der Waals surface area contributed by atoms with Crippen molar-refractivity contribution in [3.8, 4) is 0 Å². The molecule has 0 bridgehead atoms. The molecule has 1 fully saturated rings. The molecule has 0 radical (unpaired) electrons. The predicted molar refractivity (Wildman–Crippen MR) is 83.3 cm³/mol. The van der Waals surface area contributed by atoms with Crippen LogP contribution in [0.15, 0.2) is 29.8 Å². The van der Waals surface area contributed by atoms with E-state index in [2.05, 4.69) is 20.6 Å². The first-order valence-electron chi connectivity index (χ1n) is 7.12. The van der Waals surface area contributed by atoms with Crippen LogP contribution in [0, 0.1) is 5.92 Å². The van der Waals surface area contributed by atoms with Crippen LogP contribution in [0.2, 0.25) is 0 Å². The number of carbonyl (C=O) groups excluding carboxylic acids is 2. The molecule has 2 aromatic heterocycles. The number of nitrogens with one attached hydrogen (secondary N) is 2. The van der Waals surface area contributed by atoms with Gasteiger partial charge in [0.1, 0.15) is 0 Å². The van der Waals surface area contributed by atoms with Crippen LogP contribution in [0.5, 0.6) is 0 Å². The van der Waals surface area contributed by atoms with Crippen molar-refractivity contribution in [1.82, 2.24) is 15.3 Å². The first-order chi connectivity index (χ1) is 10.7. The van der Waals surface area contributed by atoms with Crippen LogP contribution in [-0.2, 0) is 22.6 Å². The summed E-state index contributed by atoms with van der Waals surface area (Å²) >= 11 is 1.34. The van der Waals surface area contributed by atoms with Gasteiger partial charge >= 0.3 is 0 Å². The summed E-state index contributed by atoms with van der Waals surface area (Å²) in [5, 5.41) is 7.94. The van der Waals surface area contributed by atoms with E-state index >= 15 is 0 Å². The largest absolute Gasteiger partial charge is 0.350 e. The van der Waals surface area contributed by atoms with Crippen molar-refractivity contribution in [2.75, 3.05) is 5.32 Å². The second-order valence-electron chi connectivity index (χ2n) is 5.18. The van der Waals surface area contributed by atoms with Gasteiger partial charge in [0.25, 0.3) is 0 Å². The van der Waals surface area contributed by atoms with Gasteiger partial charge in [-0.3, -0.25) is 14.6 Å². The average molecular weight is 316 g/mol. The summed E-state index contributed by atoms with van der Waals surface area (Å²) in [7, 11) is 0. The molecular weight excluding hydrogens is 300 g/mol. The first kappa shape index (κ1) is 14.6. The Bertz CT molecular complexity index is 667. The molecule has 0 aliphatic heterocycles. The molecule has 0 unspecified atom stereocenters. The van der Waals surface area contributed by atoms with Crippen LogP contribution in [0.3, 0.4) is 0 Å². The van der Waals surface area contributed by atoms with Gasteiger partial charge in [-0.05, 0) is 25.0 Å². The Morgan fingerprint density at radius 2 is 2.14 bits per heavy atom. The first-order valence-corrected chi connectivity index (χ1v) is 8.00. The monoisotopic (exact) mass is 316 g/mol. The number of hydrogen-bond donors (Lipinski definition) is 2. The molecule has 2 amide bonds. The average Bonchev–Trinajstić information content (AvgIpc) is 3.29. The van der Waals surface area contributed by atoms with Crippen LogP contribution >= 0.6 is 11.3 Å². The molecule has 22 heavy (non-hydrogen) atoms. The minimum Gasteiger partial charge on any atom is -0.350 e. The highest BCUT2D eigenvalue weighted by atomic mass is 32.1. The fourth-order valence-electron chi connectivity index (χ4n) is 1.92. The Labute approximate surface area is 132 Å². The number of thiazole rings is 1. The molecule has 7 heteroatoms. The highest BCUT2D eigenvalue weighted by Gasteiger charge is 2.30. The standard InChI is InChI=1S/C15H16N4O2S/c20-13(17-8-11-3-1-2-6-16-11)7-12-9-22-15(18-12)19-14(21)10-4-5-10/h1-3,6,9-10H,4-5,7-8H2,(H,17,20)(H,18,19,21). The van der Waals surface area contributed by atoms with Crippen LogP contribution in [-0.4, -0.2) is 21.8 Å². The number of hydrogen-bond acceptors (Lipinski definition) is 5. The molecule has 2 N–H and O–H groups in total. The maximum atomic E-state index is 11.9. The summed E-state index contributed by atoms with van der Waals surface area (Å²) in [5.74, 6) is 0.0607. The highest BCUT2D eigenvalue weighted by Crippen LogP contribution is 2.30. The number of pyridine rings is 1. The number of rotatable bonds is 6. The molecular formula is C15H16N4O2S. The molecule has 0 spiro atoms. The minimum atomic E-state index is -0.115. The molecule has 2 aromatic rings. The van der Waals surface area contributed by atoms with Gasteiger partial charge in [-0.15, -0.1) is 11.3 Å². The maximum Gasteiger partial charge on any atom is 0.229 e. The van der Waals surface area contributed by atoms with Crippen LogP contribution in [0.4, 0.5) is 5.13 Å². The molecule has 6 nitrogen and oxygen atoms in total. The van der Waals surface area contributed by atoms with Crippen molar-refractivity contribution in [1.29, 1.82) is 0 Å². The molecule has 114 valence electrons.